The molecule has 3 aromatic rings. The van der Waals surface area contributed by atoms with Crippen molar-refractivity contribution in [2.75, 3.05) is 5.32 Å². The minimum absolute atomic E-state index is 0.204. The van der Waals surface area contributed by atoms with Gasteiger partial charge in [-0.05, 0) is 25.1 Å². The van der Waals surface area contributed by atoms with Crippen LogP contribution in [0.5, 0.6) is 0 Å². The molecule has 0 radical (unpaired) electrons. The predicted octanol–water partition coefficient (Wildman–Crippen LogP) is 3.69. The summed E-state index contributed by atoms with van der Waals surface area (Å²) >= 11 is 0. The third kappa shape index (κ3) is 2.54. The zero-order valence-electron chi connectivity index (χ0n) is 14.3. The Morgan fingerprint density at radius 1 is 1.12 bits per heavy atom. The average molecular weight is 343 g/mol. The topological polar surface area (TPSA) is 62.3 Å². The van der Waals surface area contributed by atoms with Gasteiger partial charge in [-0.25, -0.2) is 0 Å². The Balaban J connectivity index is 1.56. The van der Waals surface area contributed by atoms with Gasteiger partial charge >= 0.3 is 0 Å². The molecule has 1 aliphatic rings. The van der Waals surface area contributed by atoms with Crippen molar-refractivity contribution in [3.8, 4) is 0 Å². The molecule has 4 rings (SSSR count). The fourth-order valence-corrected chi connectivity index (χ4v) is 3.22. The highest BCUT2D eigenvalue weighted by molar-refractivity contribution is 6.12. The number of anilines is 1. The highest BCUT2D eigenvalue weighted by atomic mass is 16.2. The Labute approximate surface area is 151 Å². The normalized spacial score (nSPS) is 14.4. The van der Waals surface area contributed by atoms with E-state index >= 15 is 0 Å². The number of fused-ring (bicyclic) bond motifs is 2. The van der Waals surface area contributed by atoms with Gasteiger partial charge in [0.1, 0.15) is 6.04 Å². The highest BCUT2D eigenvalue weighted by Crippen LogP contribution is 2.33. The van der Waals surface area contributed by atoms with Gasteiger partial charge in [0.25, 0.3) is 5.91 Å². The molecule has 1 aliphatic heterocycles. The Bertz CT molecular complexity index is 1020. The molecule has 128 valence electrons. The number of nitrogens with zero attached hydrogens (tertiary/aromatic N) is 2. The summed E-state index contributed by atoms with van der Waals surface area (Å²) in [6.45, 7) is 5.68. The molecule has 2 heterocycles. The van der Waals surface area contributed by atoms with E-state index < -0.39 is 6.04 Å². The predicted molar refractivity (Wildman–Crippen MR) is 101 cm³/mol. The molecule has 0 bridgehead atoms. The maximum absolute atomic E-state index is 12.7. The van der Waals surface area contributed by atoms with Crippen molar-refractivity contribution >= 4 is 34.1 Å². The van der Waals surface area contributed by atoms with Crippen LogP contribution in [0.3, 0.4) is 0 Å². The van der Waals surface area contributed by atoms with Gasteiger partial charge in [-0.2, -0.15) is 0 Å². The number of amides is 2. The smallest absolute Gasteiger partial charge is 0.259 e. The second-order valence-electron chi connectivity index (χ2n) is 6.25. The molecular weight excluding hydrogens is 326 g/mol. The zero-order chi connectivity index (χ0) is 18.3. The Morgan fingerprint density at radius 3 is 2.58 bits per heavy atom. The molecule has 5 nitrogen and oxygen atoms in total. The number of rotatable bonds is 3. The lowest BCUT2D eigenvalue weighted by atomic mass is 10.1. The summed E-state index contributed by atoms with van der Waals surface area (Å²) < 4.78 is 0. The summed E-state index contributed by atoms with van der Waals surface area (Å²) in [6, 6.07) is 16.1. The first-order chi connectivity index (χ1) is 12.6. The van der Waals surface area contributed by atoms with E-state index in [1.807, 2.05) is 42.5 Å². The van der Waals surface area contributed by atoms with E-state index in [1.165, 1.54) is 4.90 Å². The van der Waals surface area contributed by atoms with Gasteiger partial charge in [0, 0.05) is 22.2 Å². The molecule has 0 spiro atoms. The van der Waals surface area contributed by atoms with E-state index in [1.54, 1.807) is 25.3 Å². The lowest BCUT2D eigenvalue weighted by Gasteiger charge is -2.24. The standard InChI is InChI=1S/C21H17N3O2/c1-13-17-8-4-5-9-18(17)21(26)24(13)14(2)20(25)23-16-11-15-7-3-6-10-19(15)22-12-16/h3-12,14H,1H2,2H3,(H,23,25). The van der Waals surface area contributed by atoms with Crippen molar-refractivity contribution in [1.82, 2.24) is 9.88 Å². The number of carbonyl (C=O) groups excluding carboxylic acids is 2. The van der Waals surface area contributed by atoms with Gasteiger partial charge in [-0.1, -0.05) is 43.0 Å². The molecule has 2 amide bonds. The number of benzene rings is 2. The molecule has 2 aromatic carbocycles. The Hall–Kier alpha value is -3.47. The van der Waals surface area contributed by atoms with Crippen molar-refractivity contribution in [2.24, 2.45) is 0 Å². The molecule has 1 atom stereocenters. The first kappa shape index (κ1) is 16.0. The van der Waals surface area contributed by atoms with Crippen LogP contribution in [0, 0.1) is 0 Å². The van der Waals surface area contributed by atoms with Crippen molar-refractivity contribution in [2.45, 2.75) is 13.0 Å². The zero-order valence-corrected chi connectivity index (χ0v) is 14.3. The van der Waals surface area contributed by atoms with E-state index in [4.69, 9.17) is 0 Å². The summed E-state index contributed by atoms with van der Waals surface area (Å²) in [4.78, 5) is 31.1. The third-order valence-corrected chi connectivity index (χ3v) is 4.60. The largest absolute Gasteiger partial charge is 0.323 e. The quantitative estimate of drug-likeness (QED) is 0.789. The second-order valence-corrected chi connectivity index (χ2v) is 6.25. The number of hydrogen-bond acceptors (Lipinski definition) is 3. The first-order valence-electron chi connectivity index (χ1n) is 8.34. The SMILES string of the molecule is C=C1c2ccccc2C(=O)N1C(C)C(=O)Nc1cnc2ccccc2c1. The van der Waals surface area contributed by atoms with Gasteiger partial charge in [0.15, 0.2) is 0 Å². The summed E-state index contributed by atoms with van der Waals surface area (Å²) in [7, 11) is 0. The lowest BCUT2D eigenvalue weighted by molar-refractivity contribution is -0.119. The molecule has 1 unspecified atom stereocenters. The van der Waals surface area contributed by atoms with E-state index in [0.29, 0.717) is 16.9 Å². The van der Waals surface area contributed by atoms with Crippen molar-refractivity contribution in [3.63, 3.8) is 0 Å². The van der Waals surface area contributed by atoms with E-state index in [0.717, 1.165) is 16.5 Å². The van der Waals surface area contributed by atoms with Gasteiger partial charge in [-0.15, -0.1) is 0 Å². The summed E-state index contributed by atoms with van der Waals surface area (Å²) in [5.74, 6) is -0.491. The number of nitrogens with one attached hydrogen (secondary N) is 1. The van der Waals surface area contributed by atoms with Crippen LogP contribution in [0.25, 0.3) is 16.6 Å². The summed E-state index contributed by atoms with van der Waals surface area (Å²) in [5.41, 5.74) is 3.34. The van der Waals surface area contributed by atoms with Crippen LogP contribution in [0.2, 0.25) is 0 Å². The molecule has 5 heteroatoms. The minimum Gasteiger partial charge on any atom is -0.323 e. The van der Waals surface area contributed by atoms with Crippen LogP contribution in [-0.4, -0.2) is 27.7 Å². The molecule has 26 heavy (non-hydrogen) atoms. The number of para-hydroxylation sites is 1. The van der Waals surface area contributed by atoms with Crippen molar-refractivity contribution in [3.05, 3.63) is 78.5 Å². The third-order valence-electron chi connectivity index (χ3n) is 4.60. The molecule has 0 aliphatic carbocycles. The number of carbonyl (C=O) groups is 2. The average Bonchev–Trinajstić information content (AvgIpc) is 2.92. The van der Waals surface area contributed by atoms with Gasteiger partial charge < -0.3 is 5.32 Å². The molecule has 1 aromatic heterocycles. The fraction of sp³-hybridized carbons (Fsp3) is 0.0952. The molecular formula is C21H17N3O2. The van der Waals surface area contributed by atoms with E-state index in [-0.39, 0.29) is 11.8 Å². The molecule has 0 fully saturated rings. The Morgan fingerprint density at radius 2 is 1.81 bits per heavy atom. The maximum Gasteiger partial charge on any atom is 0.259 e. The van der Waals surface area contributed by atoms with Gasteiger partial charge in [-0.3, -0.25) is 19.5 Å². The Kier molecular flexibility index (Phi) is 3.77. The number of aromatic nitrogens is 1. The van der Waals surface area contributed by atoms with Crippen molar-refractivity contribution < 1.29 is 9.59 Å². The second kappa shape index (κ2) is 6.11. The minimum atomic E-state index is -0.686. The monoisotopic (exact) mass is 343 g/mol. The lowest BCUT2D eigenvalue weighted by Crippen LogP contribution is -2.41. The molecule has 0 saturated carbocycles. The van der Waals surface area contributed by atoms with E-state index in [9.17, 15) is 9.59 Å². The molecule has 1 N–H and O–H groups in total. The van der Waals surface area contributed by atoms with Crippen LogP contribution in [0.4, 0.5) is 5.69 Å². The maximum atomic E-state index is 12.7. The van der Waals surface area contributed by atoms with Crippen LogP contribution < -0.4 is 5.32 Å². The van der Waals surface area contributed by atoms with Crippen molar-refractivity contribution in [1.29, 1.82) is 0 Å². The van der Waals surface area contributed by atoms with E-state index in [2.05, 4.69) is 16.9 Å². The van der Waals surface area contributed by atoms with Crippen LogP contribution in [0.15, 0.2) is 67.4 Å². The number of pyridine rings is 1. The number of hydrogen-bond donors (Lipinski definition) is 1. The molecule has 0 saturated heterocycles. The van der Waals surface area contributed by atoms with Gasteiger partial charge in [0.2, 0.25) is 5.91 Å². The first-order valence-corrected chi connectivity index (χ1v) is 8.34. The van der Waals surface area contributed by atoms with Crippen LogP contribution >= 0.6 is 0 Å². The summed E-state index contributed by atoms with van der Waals surface area (Å²) in [6.07, 6.45) is 1.61. The van der Waals surface area contributed by atoms with Crippen LogP contribution in [0.1, 0.15) is 22.8 Å². The highest BCUT2D eigenvalue weighted by Gasteiger charge is 2.36. The summed E-state index contributed by atoms with van der Waals surface area (Å²) in [5, 5.41) is 3.78. The van der Waals surface area contributed by atoms with Gasteiger partial charge in [0.05, 0.1) is 17.4 Å². The van der Waals surface area contributed by atoms with Crippen LogP contribution in [-0.2, 0) is 4.79 Å². The fourth-order valence-electron chi connectivity index (χ4n) is 3.22.